The van der Waals surface area contributed by atoms with Gasteiger partial charge in [0.2, 0.25) is 0 Å². The molecule has 2 N–H and O–H groups in total. The van der Waals surface area contributed by atoms with Crippen molar-refractivity contribution < 1.29 is 0 Å². The zero-order valence-corrected chi connectivity index (χ0v) is 9.86. The number of nitrogens with two attached hydrogens (primary N) is 1. The molecule has 16 heavy (non-hydrogen) atoms. The lowest BCUT2D eigenvalue weighted by Crippen LogP contribution is -2.18. The number of nitrogens with zero attached hydrogens (tertiary/aromatic N) is 3. The van der Waals surface area contributed by atoms with E-state index in [2.05, 4.69) is 10.1 Å². The Bertz CT molecular complexity index is 470. The van der Waals surface area contributed by atoms with Gasteiger partial charge >= 0.3 is 0 Å². The van der Waals surface area contributed by atoms with Gasteiger partial charge in [-0.2, -0.15) is 5.10 Å². The number of halogens is 2. The third-order valence-corrected chi connectivity index (χ3v) is 3.06. The van der Waals surface area contributed by atoms with Crippen molar-refractivity contribution in [3.05, 3.63) is 46.5 Å². The van der Waals surface area contributed by atoms with Crippen molar-refractivity contribution in [2.45, 2.75) is 12.6 Å². The quantitative estimate of drug-likeness (QED) is 0.917. The van der Waals surface area contributed by atoms with Crippen LogP contribution in [-0.2, 0) is 6.54 Å². The van der Waals surface area contributed by atoms with Crippen LogP contribution in [0.15, 0.2) is 30.9 Å². The second kappa shape index (κ2) is 4.82. The average molecular weight is 257 g/mol. The van der Waals surface area contributed by atoms with Gasteiger partial charge < -0.3 is 5.73 Å². The molecule has 0 bridgehead atoms. The summed E-state index contributed by atoms with van der Waals surface area (Å²) in [4.78, 5) is 3.85. The van der Waals surface area contributed by atoms with Crippen molar-refractivity contribution in [2.75, 3.05) is 0 Å². The highest BCUT2D eigenvalue weighted by Crippen LogP contribution is 2.29. The fraction of sp³-hybridized carbons (Fsp3) is 0.200. The first-order valence-electron chi connectivity index (χ1n) is 4.70. The first-order valence-corrected chi connectivity index (χ1v) is 5.46. The summed E-state index contributed by atoms with van der Waals surface area (Å²) in [7, 11) is 0. The van der Waals surface area contributed by atoms with Crippen LogP contribution in [0.3, 0.4) is 0 Å². The molecule has 84 valence electrons. The maximum Gasteiger partial charge on any atom is 0.137 e. The van der Waals surface area contributed by atoms with Gasteiger partial charge in [0.15, 0.2) is 0 Å². The smallest absolute Gasteiger partial charge is 0.137 e. The lowest BCUT2D eigenvalue weighted by atomic mass is 10.1. The van der Waals surface area contributed by atoms with Gasteiger partial charge in [-0.05, 0) is 11.6 Å². The van der Waals surface area contributed by atoms with Crippen molar-refractivity contribution in [1.82, 2.24) is 14.8 Å². The Hall–Kier alpha value is -1.10. The maximum absolute atomic E-state index is 6.07. The fourth-order valence-corrected chi connectivity index (χ4v) is 1.88. The largest absolute Gasteiger partial charge is 0.322 e. The van der Waals surface area contributed by atoms with Gasteiger partial charge in [0.1, 0.15) is 12.7 Å². The molecule has 0 saturated heterocycles. The summed E-state index contributed by atoms with van der Waals surface area (Å²) in [6.07, 6.45) is 3.07. The Morgan fingerprint density at radius 2 is 2.19 bits per heavy atom. The second-order valence-electron chi connectivity index (χ2n) is 3.37. The predicted molar refractivity (Wildman–Crippen MR) is 63.4 cm³/mol. The Morgan fingerprint density at radius 3 is 2.88 bits per heavy atom. The highest BCUT2D eigenvalue weighted by atomic mass is 35.5. The zero-order chi connectivity index (χ0) is 11.5. The summed E-state index contributed by atoms with van der Waals surface area (Å²) < 4.78 is 1.65. The van der Waals surface area contributed by atoms with E-state index in [-0.39, 0.29) is 6.04 Å². The van der Waals surface area contributed by atoms with Gasteiger partial charge in [-0.3, -0.25) is 4.68 Å². The van der Waals surface area contributed by atoms with Gasteiger partial charge in [0, 0.05) is 0 Å². The highest BCUT2D eigenvalue weighted by molar-refractivity contribution is 6.42. The molecule has 1 aromatic heterocycles. The Morgan fingerprint density at radius 1 is 1.38 bits per heavy atom. The van der Waals surface area contributed by atoms with Gasteiger partial charge in [0.05, 0.1) is 22.6 Å². The van der Waals surface area contributed by atoms with E-state index in [9.17, 15) is 0 Å². The third-order valence-electron chi connectivity index (χ3n) is 2.23. The first kappa shape index (κ1) is 11.4. The van der Waals surface area contributed by atoms with Crippen LogP contribution >= 0.6 is 23.2 Å². The lowest BCUT2D eigenvalue weighted by Gasteiger charge is -2.14. The van der Waals surface area contributed by atoms with Crippen molar-refractivity contribution in [3.63, 3.8) is 0 Å². The van der Waals surface area contributed by atoms with Crippen LogP contribution in [0.25, 0.3) is 0 Å². The summed E-state index contributed by atoms with van der Waals surface area (Å²) in [5.41, 5.74) is 6.83. The van der Waals surface area contributed by atoms with Crippen LogP contribution in [0.2, 0.25) is 10.0 Å². The topological polar surface area (TPSA) is 56.7 Å². The monoisotopic (exact) mass is 256 g/mol. The van der Waals surface area contributed by atoms with Crippen LogP contribution in [-0.4, -0.2) is 14.8 Å². The van der Waals surface area contributed by atoms with Crippen LogP contribution < -0.4 is 5.73 Å². The molecule has 2 rings (SSSR count). The number of aromatic nitrogens is 3. The van der Waals surface area contributed by atoms with E-state index in [0.717, 1.165) is 5.56 Å². The second-order valence-corrected chi connectivity index (χ2v) is 4.15. The molecule has 0 fully saturated rings. The van der Waals surface area contributed by atoms with Crippen molar-refractivity contribution in [1.29, 1.82) is 0 Å². The molecule has 0 aliphatic rings. The minimum Gasteiger partial charge on any atom is -0.322 e. The molecule has 0 aliphatic carbocycles. The predicted octanol–water partition coefficient (Wildman–Crippen LogP) is 2.28. The molecule has 1 atom stereocenters. The highest BCUT2D eigenvalue weighted by Gasteiger charge is 2.12. The Balaban J connectivity index is 2.21. The molecule has 1 unspecified atom stereocenters. The average Bonchev–Trinajstić information content (AvgIpc) is 2.74. The first-order chi connectivity index (χ1) is 7.68. The summed E-state index contributed by atoms with van der Waals surface area (Å²) in [6, 6.07) is 5.16. The molecule has 1 aromatic carbocycles. The number of hydrogen-bond donors (Lipinski definition) is 1. The van der Waals surface area contributed by atoms with Gasteiger partial charge in [0.25, 0.3) is 0 Å². The van der Waals surface area contributed by atoms with Crippen LogP contribution in [0.4, 0.5) is 0 Å². The molecule has 2 aromatic rings. The SMILES string of the molecule is NC(Cn1cncn1)c1cccc(Cl)c1Cl. The van der Waals surface area contributed by atoms with Crippen LogP contribution in [0.5, 0.6) is 0 Å². The minimum absolute atomic E-state index is 0.257. The Labute approximate surface area is 103 Å². The molecular formula is C10H10Cl2N4. The molecule has 6 heteroatoms. The van der Waals surface area contributed by atoms with E-state index in [1.807, 2.05) is 12.1 Å². The molecule has 0 aliphatic heterocycles. The van der Waals surface area contributed by atoms with Crippen molar-refractivity contribution in [2.24, 2.45) is 5.73 Å². The molecule has 0 spiro atoms. The molecule has 0 radical (unpaired) electrons. The lowest BCUT2D eigenvalue weighted by molar-refractivity contribution is 0.526. The van der Waals surface area contributed by atoms with E-state index in [1.165, 1.54) is 6.33 Å². The molecule has 0 saturated carbocycles. The zero-order valence-electron chi connectivity index (χ0n) is 8.35. The van der Waals surface area contributed by atoms with Gasteiger partial charge in [-0.25, -0.2) is 4.98 Å². The number of hydrogen-bond acceptors (Lipinski definition) is 3. The van der Waals surface area contributed by atoms with Crippen molar-refractivity contribution >= 4 is 23.2 Å². The van der Waals surface area contributed by atoms with E-state index >= 15 is 0 Å². The molecule has 0 amide bonds. The summed E-state index contributed by atoms with van der Waals surface area (Å²) in [5.74, 6) is 0. The van der Waals surface area contributed by atoms with Gasteiger partial charge in [-0.15, -0.1) is 0 Å². The summed E-state index contributed by atoms with van der Waals surface area (Å²) in [5, 5.41) is 4.99. The van der Waals surface area contributed by atoms with Crippen molar-refractivity contribution in [3.8, 4) is 0 Å². The molecule has 4 nitrogen and oxygen atoms in total. The molecule has 1 heterocycles. The Kier molecular flexibility index (Phi) is 3.43. The van der Waals surface area contributed by atoms with E-state index in [4.69, 9.17) is 28.9 Å². The number of benzene rings is 1. The van der Waals surface area contributed by atoms with E-state index < -0.39 is 0 Å². The normalized spacial score (nSPS) is 12.7. The van der Waals surface area contributed by atoms with Gasteiger partial charge in [-0.1, -0.05) is 35.3 Å². The fourth-order valence-electron chi connectivity index (χ4n) is 1.43. The minimum atomic E-state index is -0.257. The third kappa shape index (κ3) is 2.35. The number of rotatable bonds is 3. The summed E-state index contributed by atoms with van der Waals surface area (Å²) in [6.45, 7) is 0.514. The van der Waals surface area contributed by atoms with E-state index in [1.54, 1.807) is 17.1 Å². The van der Waals surface area contributed by atoms with Crippen LogP contribution in [0.1, 0.15) is 11.6 Å². The summed E-state index contributed by atoms with van der Waals surface area (Å²) >= 11 is 12.0. The standard InChI is InChI=1S/C10H10Cl2N4/c11-8-3-1-2-7(10(8)12)9(13)4-16-6-14-5-15-16/h1-3,5-6,9H,4,13H2. The van der Waals surface area contributed by atoms with E-state index in [0.29, 0.717) is 16.6 Å². The van der Waals surface area contributed by atoms with Crippen LogP contribution in [0, 0.1) is 0 Å². The maximum atomic E-state index is 6.07. The molecular weight excluding hydrogens is 247 g/mol.